The normalized spacial score (nSPS) is 15.0. The second-order valence-electron chi connectivity index (χ2n) is 8.33. The molecule has 1 saturated carbocycles. The fourth-order valence-corrected chi connectivity index (χ4v) is 3.26. The molecule has 0 saturated heterocycles. The Morgan fingerprint density at radius 1 is 0.966 bits per heavy atom. The van der Waals surface area contributed by atoms with E-state index in [1.807, 2.05) is 75.4 Å². The van der Waals surface area contributed by atoms with Gasteiger partial charge >= 0.3 is 12.2 Å². The second-order valence-corrected chi connectivity index (χ2v) is 8.33. The fourth-order valence-electron chi connectivity index (χ4n) is 3.26. The number of nitrogens with one attached hydrogen (secondary N) is 2. The molecule has 1 aliphatic carbocycles. The highest BCUT2D eigenvalue weighted by Gasteiger charge is 2.41. The lowest BCUT2D eigenvalue weighted by molar-refractivity contribution is 0.0377. The monoisotopic (exact) mass is 396 g/mol. The molecule has 2 amide bonds. The molecule has 154 valence electrons. The molecule has 3 rings (SSSR count). The maximum Gasteiger partial charge on any atom is 0.411 e. The van der Waals surface area contributed by atoms with E-state index in [9.17, 15) is 9.59 Å². The minimum absolute atomic E-state index is 0.216. The van der Waals surface area contributed by atoms with Crippen LogP contribution in [0.1, 0.15) is 51.2 Å². The third-order valence-corrected chi connectivity index (χ3v) is 4.84. The zero-order chi connectivity index (χ0) is 20.9. The van der Waals surface area contributed by atoms with Crippen molar-refractivity contribution in [3.8, 4) is 0 Å². The van der Waals surface area contributed by atoms with Crippen molar-refractivity contribution in [1.82, 2.24) is 5.32 Å². The van der Waals surface area contributed by atoms with Crippen molar-refractivity contribution in [3.63, 3.8) is 0 Å². The van der Waals surface area contributed by atoms with Crippen LogP contribution in [0, 0.1) is 0 Å². The molecule has 1 aliphatic rings. The summed E-state index contributed by atoms with van der Waals surface area (Å²) in [6.45, 7) is 5.75. The number of hydrogen-bond acceptors (Lipinski definition) is 4. The molecule has 2 N–H and O–H groups in total. The van der Waals surface area contributed by atoms with Crippen molar-refractivity contribution in [2.24, 2.45) is 0 Å². The van der Waals surface area contributed by atoms with Gasteiger partial charge in [-0.25, -0.2) is 9.59 Å². The van der Waals surface area contributed by atoms with E-state index in [2.05, 4.69) is 10.6 Å². The highest BCUT2D eigenvalue weighted by molar-refractivity contribution is 5.84. The number of rotatable bonds is 5. The van der Waals surface area contributed by atoms with Crippen LogP contribution in [0.25, 0.3) is 0 Å². The van der Waals surface area contributed by atoms with Gasteiger partial charge in [0.1, 0.15) is 12.2 Å². The first-order valence-corrected chi connectivity index (χ1v) is 9.85. The van der Waals surface area contributed by atoms with Crippen LogP contribution in [0.3, 0.4) is 0 Å². The SMILES string of the molecule is CC(C)(C)OC(=O)NC1(c2ccc(NC(=O)OCc3ccccc3)cc2)CCC1. The van der Waals surface area contributed by atoms with Crippen molar-refractivity contribution < 1.29 is 19.1 Å². The molecule has 0 heterocycles. The Balaban J connectivity index is 1.57. The highest BCUT2D eigenvalue weighted by Crippen LogP contribution is 2.41. The van der Waals surface area contributed by atoms with Gasteiger partial charge in [-0.05, 0) is 63.3 Å². The lowest BCUT2D eigenvalue weighted by atomic mass is 9.72. The average Bonchev–Trinajstić information content (AvgIpc) is 2.63. The molecule has 0 bridgehead atoms. The molecule has 1 fully saturated rings. The van der Waals surface area contributed by atoms with E-state index in [4.69, 9.17) is 9.47 Å². The summed E-state index contributed by atoms with van der Waals surface area (Å²) in [7, 11) is 0. The van der Waals surface area contributed by atoms with Crippen LogP contribution >= 0.6 is 0 Å². The van der Waals surface area contributed by atoms with E-state index in [0.717, 1.165) is 30.4 Å². The number of amides is 2. The van der Waals surface area contributed by atoms with Gasteiger partial charge in [-0.15, -0.1) is 0 Å². The van der Waals surface area contributed by atoms with E-state index in [1.54, 1.807) is 0 Å². The molecule has 6 nitrogen and oxygen atoms in total. The molecule has 6 heteroatoms. The predicted molar refractivity (Wildman–Crippen MR) is 112 cm³/mol. The zero-order valence-corrected chi connectivity index (χ0v) is 17.2. The van der Waals surface area contributed by atoms with Gasteiger partial charge in [0, 0.05) is 5.69 Å². The van der Waals surface area contributed by atoms with Gasteiger partial charge in [0.05, 0.1) is 5.54 Å². The van der Waals surface area contributed by atoms with E-state index in [1.165, 1.54) is 0 Å². The van der Waals surface area contributed by atoms with Crippen LogP contribution in [-0.2, 0) is 21.6 Å². The van der Waals surface area contributed by atoms with Crippen LogP contribution < -0.4 is 10.6 Å². The summed E-state index contributed by atoms with van der Waals surface area (Å²) in [6.07, 6.45) is 1.84. The lowest BCUT2D eigenvalue weighted by Gasteiger charge is -2.43. The molecular formula is C23H28N2O4. The van der Waals surface area contributed by atoms with Crippen molar-refractivity contribution >= 4 is 17.9 Å². The molecule has 0 radical (unpaired) electrons. The van der Waals surface area contributed by atoms with Gasteiger partial charge in [-0.2, -0.15) is 0 Å². The number of benzene rings is 2. The topological polar surface area (TPSA) is 76.7 Å². The molecular weight excluding hydrogens is 368 g/mol. The third kappa shape index (κ3) is 5.73. The van der Waals surface area contributed by atoms with E-state index in [0.29, 0.717) is 5.69 Å². The molecule has 0 aromatic heterocycles. The summed E-state index contributed by atoms with van der Waals surface area (Å²) < 4.78 is 10.6. The summed E-state index contributed by atoms with van der Waals surface area (Å²) in [5.41, 5.74) is 1.62. The second kappa shape index (κ2) is 8.55. The zero-order valence-electron chi connectivity index (χ0n) is 17.2. The summed E-state index contributed by atoms with van der Waals surface area (Å²) in [5, 5.41) is 5.75. The number of hydrogen-bond donors (Lipinski definition) is 2. The molecule has 0 spiro atoms. The Kier molecular flexibility index (Phi) is 6.11. The van der Waals surface area contributed by atoms with Gasteiger partial charge in [0.2, 0.25) is 0 Å². The van der Waals surface area contributed by atoms with Gasteiger partial charge in [-0.1, -0.05) is 42.5 Å². The highest BCUT2D eigenvalue weighted by atomic mass is 16.6. The molecule has 0 atom stereocenters. The third-order valence-electron chi connectivity index (χ3n) is 4.84. The first kappa shape index (κ1) is 20.7. The van der Waals surface area contributed by atoms with Crippen LogP contribution in [0.5, 0.6) is 0 Å². The summed E-state index contributed by atoms with van der Waals surface area (Å²) in [6, 6.07) is 17.0. The number of carbonyl (C=O) groups excluding carboxylic acids is 2. The maximum absolute atomic E-state index is 12.2. The van der Waals surface area contributed by atoms with Gasteiger partial charge in [0.25, 0.3) is 0 Å². The van der Waals surface area contributed by atoms with Crippen molar-refractivity contribution in [2.45, 2.75) is 57.8 Å². The van der Waals surface area contributed by atoms with Gasteiger partial charge < -0.3 is 14.8 Å². The largest absolute Gasteiger partial charge is 0.444 e. The molecule has 2 aromatic carbocycles. The Labute approximate surface area is 171 Å². The van der Waals surface area contributed by atoms with Crippen LogP contribution in [-0.4, -0.2) is 17.8 Å². The first-order valence-electron chi connectivity index (χ1n) is 9.85. The minimum Gasteiger partial charge on any atom is -0.444 e. The van der Waals surface area contributed by atoms with Gasteiger partial charge in [-0.3, -0.25) is 5.32 Å². The van der Waals surface area contributed by atoms with Crippen molar-refractivity contribution in [2.75, 3.05) is 5.32 Å². The quantitative estimate of drug-likeness (QED) is 0.715. The Hall–Kier alpha value is -3.02. The molecule has 29 heavy (non-hydrogen) atoms. The Morgan fingerprint density at radius 3 is 2.17 bits per heavy atom. The Bertz CT molecular complexity index is 837. The summed E-state index contributed by atoms with van der Waals surface area (Å²) in [5.74, 6) is 0. The molecule has 0 aliphatic heterocycles. The molecule has 0 unspecified atom stereocenters. The first-order chi connectivity index (χ1) is 13.8. The van der Waals surface area contributed by atoms with Crippen molar-refractivity contribution in [1.29, 1.82) is 0 Å². The number of carbonyl (C=O) groups is 2. The minimum atomic E-state index is -0.539. The lowest BCUT2D eigenvalue weighted by Crippen LogP contribution is -2.52. The van der Waals surface area contributed by atoms with Crippen LogP contribution in [0.15, 0.2) is 54.6 Å². The smallest absolute Gasteiger partial charge is 0.411 e. The number of anilines is 1. The maximum atomic E-state index is 12.2. The summed E-state index contributed by atoms with van der Waals surface area (Å²) in [4.78, 5) is 24.2. The van der Waals surface area contributed by atoms with E-state index < -0.39 is 23.3 Å². The van der Waals surface area contributed by atoms with Crippen LogP contribution in [0.2, 0.25) is 0 Å². The average molecular weight is 396 g/mol. The van der Waals surface area contributed by atoms with Crippen LogP contribution in [0.4, 0.5) is 15.3 Å². The van der Waals surface area contributed by atoms with Crippen molar-refractivity contribution in [3.05, 3.63) is 65.7 Å². The summed E-state index contributed by atoms with van der Waals surface area (Å²) >= 11 is 0. The molecule has 2 aromatic rings. The standard InChI is InChI=1S/C23H28N2O4/c1-22(2,3)29-21(27)25-23(14-7-15-23)18-10-12-19(13-11-18)24-20(26)28-16-17-8-5-4-6-9-17/h4-6,8-13H,7,14-16H2,1-3H3,(H,24,26)(H,25,27). The predicted octanol–water partition coefficient (Wildman–Crippen LogP) is 5.34. The number of alkyl carbamates (subject to hydrolysis) is 1. The van der Waals surface area contributed by atoms with Gasteiger partial charge in [0.15, 0.2) is 0 Å². The van der Waals surface area contributed by atoms with E-state index in [-0.39, 0.29) is 6.61 Å². The number of ether oxygens (including phenoxy) is 2. The Morgan fingerprint density at radius 2 is 1.62 bits per heavy atom. The van der Waals surface area contributed by atoms with E-state index >= 15 is 0 Å². The fraction of sp³-hybridized carbons (Fsp3) is 0.391.